The molecule has 1 amide bonds. The van der Waals surface area contributed by atoms with E-state index in [2.05, 4.69) is 31.4 Å². The molecule has 0 bridgehead atoms. The van der Waals surface area contributed by atoms with Crippen LogP contribution < -0.4 is 10.1 Å². The Hall–Kier alpha value is -3.70. The van der Waals surface area contributed by atoms with Crippen molar-refractivity contribution in [3.63, 3.8) is 0 Å². The molecule has 172 valence electrons. The molecule has 0 aliphatic carbocycles. The zero-order valence-electron chi connectivity index (χ0n) is 17.8. The van der Waals surface area contributed by atoms with Gasteiger partial charge in [-0.2, -0.15) is 0 Å². The van der Waals surface area contributed by atoms with Crippen LogP contribution in [0.15, 0.2) is 82.4 Å². The van der Waals surface area contributed by atoms with Crippen molar-refractivity contribution >= 4 is 45.0 Å². The van der Waals surface area contributed by atoms with Crippen molar-refractivity contribution in [3.8, 4) is 22.8 Å². The third kappa shape index (κ3) is 5.10. The van der Waals surface area contributed by atoms with Gasteiger partial charge >= 0.3 is 0 Å². The smallest absolute Gasteiger partial charge is 0.296 e. The molecule has 34 heavy (non-hydrogen) atoms. The molecule has 9 nitrogen and oxygen atoms in total. The predicted octanol–water partition coefficient (Wildman–Crippen LogP) is 5.34. The van der Waals surface area contributed by atoms with Gasteiger partial charge in [-0.15, -0.1) is 10.2 Å². The highest BCUT2D eigenvalue weighted by molar-refractivity contribution is 9.10. The second kappa shape index (κ2) is 10.5. The summed E-state index contributed by atoms with van der Waals surface area (Å²) >= 11 is 4.74. The minimum absolute atomic E-state index is 0.0237. The molecule has 0 fully saturated rings. The summed E-state index contributed by atoms with van der Waals surface area (Å²) in [6.07, 6.45) is 0. The number of thioether (sulfide) groups is 1. The van der Waals surface area contributed by atoms with E-state index in [0.717, 1.165) is 15.7 Å². The van der Waals surface area contributed by atoms with Crippen LogP contribution in [0.3, 0.4) is 0 Å². The minimum Gasteiger partial charge on any atom is -0.496 e. The number of nitro groups is 1. The van der Waals surface area contributed by atoms with Gasteiger partial charge in [0.2, 0.25) is 5.91 Å². The van der Waals surface area contributed by atoms with Gasteiger partial charge in [0, 0.05) is 15.7 Å². The molecule has 1 N–H and O–H groups in total. The van der Waals surface area contributed by atoms with E-state index >= 15 is 0 Å². The highest BCUT2D eigenvalue weighted by Crippen LogP contribution is 2.33. The van der Waals surface area contributed by atoms with Crippen LogP contribution in [0.1, 0.15) is 0 Å². The third-order valence-corrected chi connectivity index (χ3v) is 6.39. The first kappa shape index (κ1) is 23.5. The van der Waals surface area contributed by atoms with Crippen LogP contribution in [0.2, 0.25) is 0 Å². The average Bonchev–Trinajstić information content (AvgIpc) is 3.27. The van der Waals surface area contributed by atoms with Gasteiger partial charge in [-0.25, -0.2) is 0 Å². The first-order chi connectivity index (χ1) is 16.5. The Bertz CT molecular complexity index is 1350. The number of para-hydroxylation sites is 1. The lowest BCUT2D eigenvalue weighted by Crippen LogP contribution is -2.15. The molecular formula is C23H18BrN5O4S. The van der Waals surface area contributed by atoms with Gasteiger partial charge in [-0.3, -0.25) is 19.5 Å². The summed E-state index contributed by atoms with van der Waals surface area (Å²) in [6, 6.07) is 21.5. The number of anilines is 1. The second-order valence-electron chi connectivity index (χ2n) is 6.93. The second-order valence-corrected chi connectivity index (χ2v) is 8.73. The lowest BCUT2D eigenvalue weighted by molar-refractivity contribution is -0.384. The summed E-state index contributed by atoms with van der Waals surface area (Å²) in [5.41, 5.74) is 1.53. The van der Waals surface area contributed by atoms with Gasteiger partial charge in [0.1, 0.15) is 11.4 Å². The average molecular weight is 540 g/mol. The standard InChI is InChI=1S/C23H18BrN5O4S/c1-33-16-11-12-19(20(13-16)29(31)32)25-21(30)14-34-23-27-26-22(17-9-5-6-10-18(17)24)28(23)15-7-3-2-4-8-15/h2-13H,14H2,1H3,(H,25,30). The Morgan fingerprint density at radius 3 is 2.56 bits per heavy atom. The number of nitro benzene ring substituents is 1. The normalized spacial score (nSPS) is 10.6. The van der Waals surface area contributed by atoms with Crippen molar-refractivity contribution in [2.45, 2.75) is 5.16 Å². The maximum atomic E-state index is 12.6. The maximum Gasteiger partial charge on any atom is 0.296 e. The van der Waals surface area contributed by atoms with Crippen molar-refractivity contribution < 1.29 is 14.5 Å². The van der Waals surface area contributed by atoms with Gasteiger partial charge in [-0.05, 0) is 30.3 Å². The van der Waals surface area contributed by atoms with Crippen LogP contribution in [-0.4, -0.2) is 38.5 Å². The molecular weight excluding hydrogens is 522 g/mol. The lowest BCUT2D eigenvalue weighted by Gasteiger charge is -2.11. The van der Waals surface area contributed by atoms with E-state index in [4.69, 9.17) is 4.74 Å². The van der Waals surface area contributed by atoms with E-state index in [0.29, 0.717) is 16.7 Å². The molecule has 0 radical (unpaired) electrons. The van der Waals surface area contributed by atoms with E-state index in [1.54, 1.807) is 6.07 Å². The number of ether oxygens (including phenoxy) is 1. The Balaban J connectivity index is 1.59. The van der Waals surface area contributed by atoms with Crippen molar-refractivity contribution in [2.75, 3.05) is 18.2 Å². The zero-order chi connectivity index (χ0) is 24.1. The zero-order valence-corrected chi connectivity index (χ0v) is 20.2. The van der Waals surface area contributed by atoms with Crippen molar-refractivity contribution in [1.29, 1.82) is 0 Å². The number of nitrogens with one attached hydrogen (secondary N) is 1. The van der Waals surface area contributed by atoms with Crippen LogP contribution >= 0.6 is 27.7 Å². The number of benzene rings is 3. The predicted molar refractivity (Wildman–Crippen MR) is 133 cm³/mol. The van der Waals surface area contributed by atoms with Crippen molar-refractivity contribution in [3.05, 3.63) is 87.4 Å². The highest BCUT2D eigenvalue weighted by Gasteiger charge is 2.20. The molecule has 0 spiro atoms. The topological polar surface area (TPSA) is 112 Å². The number of hydrogen-bond donors (Lipinski definition) is 1. The Morgan fingerprint density at radius 1 is 1.12 bits per heavy atom. The fraction of sp³-hybridized carbons (Fsp3) is 0.0870. The number of methoxy groups -OCH3 is 1. The van der Waals surface area contributed by atoms with Crippen LogP contribution in [-0.2, 0) is 4.79 Å². The number of aromatic nitrogens is 3. The highest BCUT2D eigenvalue weighted by atomic mass is 79.9. The summed E-state index contributed by atoms with van der Waals surface area (Å²) in [4.78, 5) is 23.5. The van der Waals surface area contributed by atoms with Crippen LogP contribution in [0.4, 0.5) is 11.4 Å². The van der Waals surface area contributed by atoms with E-state index in [9.17, 15) is 14.9 Å². The summed E-state index contributed by atoms with van der Waals surface area (Å²) in [6.45, 7) is 0. The van der Waals surface area contributed by atoms with Crippen molar-refractivity contribution in [1.82, 2.24) is 14.8 Å². The van der Waals surface area contributed by atoms with Gasteiger partial charge in [0.05, 0.1) is 23.9 Å². The van der Waals surface area contributed by atoms with E-state index in [1.807, 2.05) is 59.2 Å². The molecule has 0 saturated carbocycles. The molecule has 0 aliphatic rings. The molecule has 3 aromatic carbocycles. The fourth-order valence-corrected chi connectivity index (χ4v) is 4.42. The molecule has 0 unspecified atom stereocenters. The number of rotatable bonds is 8. The number of carbonyl (C=O) groups excluding carboxylic acids is 1. The summed E-state index contributed by atoms with van der Waals surface area (Å²) < 4.78 is 7.76. The molecule has 11 heteroatoms. The maximum absolute atomic E-state index is 12.6. The van der Waals surface area contributed by atoms with Gasteiger partial charge in [0.25, 0.3) is 5.69 Å². The lowest BCUT2D eigenvalue weighted by atomic mass is 10.2. The molecule has 1 aromatic heterocycles. The largest absolute Gasteiger partial charge is 0.496 e. The number of nitrogens with zero attached hydrogens (tertiary/aromatic N) is 4. The van der Waals surface area contributed by atoms with E-state index in [1.165, 1.54) is 31.0 Å². The number of hydrogen-bond acceptors (Lipinski definition) is 7. The molecule has 4 aromatic rings. The number of carbonyl (C=O) groups is 1. The molecule has 1 heterocycles. The SMILES string of the molecule is COc1ccc(NC(=O)CSc2nnc(-c3ccccc3Br)n2-c2ccccc2)c([N+](=O)[O-])c1. The monoisotopic (exact) mass is 539 g/mol. The first-order valence-corrected chi connectivity index (χ1v) is 11.8. The van der Waals surface area contributed by atoms with Crippen LogP contribution in [0, 0.1) is 10.1 Å². The first-order valence-electron chi connectivity index (χ1n) is 9.98. The molecule has 4 rings (SSSR count). The van der Waals surface area contributed by atoms with Gasteiger partial charge in [-0.1, -0.05) is 64.1 Å². The third-order valence-electron chi connectivity index (χ3n) is 4.77. The number of amides is 1. The fourth-order valence-electron chi connectivity index (χ4n) is 3.20. The van der Waals surface area contributed by atoms with Gasteiger partial charge in [0.15, 0.2) is 11.0 Å². The van der Waals surface area contributed by atoms with Gasteiger partial charge < -0.3 is 10.1 Å². The summed E-state index contributed by atoms with van der Waals surface area (Å²) in [5.74, 6) is 0.509. The molecule has 0 saturated heterocycles. The number of halogens is 1. The van der Waals surface area contributed by atoms with E-state index < -0.39 is 10.8 Å². The van der Waals surface area contributed by atoms with Crippen LogP contribution in [0.5, 0.6) is 5.75 Å². The quantitative estimate of drug-likeness (QED) is 0.182. The Labute approximate surface area is 207 Å². The Kier molecular flexibility index (Phi) is 7.24. The molecule has 0 atom stereocenters. The summed E-state index contributed by atoms with van der Waals surface area (Å²) in [7, 11) is 1.42. The van der Waals surface area contributed by atoms with E-state index in [-0.39, 0.29) is 17.1 Å². The van der Waals surface area contributed by atoms with Crippen molar-refractivity contribution in [2.24, 2.45) is 0 Å². The molecule has 0 aliphatic heterocycles. The Morgan fingerprint density at radius 2 is 1.85 bits per heavy atom. The minimum atomic E-state index is -0.568. The van der Waals surface area contributed by atoms with Crippen LogP contribution in [0.25, 0.3) is 17.1 Å². The summed E-state index contributed by atoms with van der Waals surface area (Å²) in [5, 5.41) is 23.2.